The van der Waals surface area contributed by atoms with Gasteiger partial charge in [-0.05, 0) is 30.7 Å². The van der Waals surface area contributed by atoms with Crippen molar-refractivity contribution in [3.8, 4) is 10.4 Å². The van der Waals surface area contributed by atoms with E-state index in [1.165, 1.54) is 9.75 Å². The van der Waals surface area contributed by atoms with Crippen LogP contribution in [0.15, 0.2) is 54.9 Å². The second-order valence-corrected chi connectivity index (χ2v) is 8.85. The smallest absolute Gasteiger partial charge is 0.222 e. The molecule has 0 aliphatic carbocycles. The van der Waals surface area contributed by atoms with E-state index in [2.05, 4.69) is 28.2 Å². The number of amides is 1. The maximum absolute atomic E-state index is 12.5. The Morgan fingerprint density at radius 3 is 2.66 bits per heavy atom. The van der Waals surface area contributed by atoms with Crippen LogP contribution in [0, 0.1) is 0 Å². The van der Waals surface area contributed by atoms with E-state index < -0.39 is 0 Å². The van der Waals surface area contributed by atoms with E-state index in [-0.39, 0.29) is 5.91 Å². The molecule has 2 aromatic heterocycles. The number of nitrogens with zero attached hydrogens (tertiary/aromatic N) is 4. The van der Waals surface area contributed by atoms with E-state index >= 15 is 0 Å². The minimum absolute atomic E-state index is 0.258. The molecule has 3 heterocycles. The number of piperazine rings is 1. The molecule has 3 aromatic rings. The Labute approximate surface area is 180 Å². The number of hydrogen-bond acceptors (Lipinski definition) is 4. The molecule has 5 nitrogen and oxygen atoms in total. The number of hydrogen-bond donors (Lipinski definition) is 0. The summed E-state index contributed by atoms with van der Waals surface area (Å²) in [5.74, 6) is 0.258. The number of aromatic nitrogens is 2. The van der Waals surface area contributed by atoms with Crippen molar-refractivity contribution in [2.75, 3.05) is 26.2 Å². The summed E-state index contributed by atoms with van der Waals surface area (Å²) in [4.78, 5) is 19.4. The van der Waals surface area contributed by atoms with Gasteiger partial charge >= 0.3 is 0 Å². The van der Waals surface area contributed by atoms with E-state index in [4.69, 9.17) is 11.6 Å². The lowest BCUT2D eigenvalue weighted by Crippen LogP contribution is -2.48. The summed E-state index contributed by atoms with van der Waals surface area (Å²) in [5, 5.41) is 4.97. The molecular weight excluding hydrogens is 404 g/mol. The van der Waals surface area contributed by atoms with Crippen molar-refractivity contribution >= 4 is 28.8 Å². The summed E-state index contributed by atoms with van der Waals surface area (Å²) in [6.07, 6.45) is 5.13. The molecule has 1 aliphatic rings. The summed E-state index contributed by atoms with van der Waals surface area (Å²) in [5.41, 5.74) is 1.09. The van der Waals surface area contributed by atoms with Crippen molar-refractivity contribution in [2.45, 2.75) is 25.9 Å². The fraction of sp³-hybridized carbons (Fsp3) is 0.364. The van der Waals surface area contributed by atoms with Gasteiger partial charge in [0.2, 0.25) is 5.91 Å². The van der Waals surface area contributed by atoms with Crippen LogP contribution in [-0.4, -0.2) is 51.7 Å². The number of carbonyl (C=O) groups is 1. The Bertz CT molecular complexity index is 932. The summed E-state index contributed by atoms with van der Waals surface area (Å²) in [7, 11) is 0. The molecule has 4 rings (SSSR count). The molecule has 1 fully saturated rings. The number of benzene rings is 1. The van der Waals surface area contributed by atoms with Gasteiger partial charge in [-0.3, -0.25) is 14.4 Å². The van der Waals surface area contributed by atoms with Gasteiger partial charge in [0.05, 0.1) is 0 Å². The number of halogens is 1. The molecule has 0 atom stereocenters. The quantitative estimate of drug-likeness (QED) is 0.560. The van der Waals surface area contributed by atoms with E-state index in [1.54, 1.807) is 17.5 Å². The molecule has 29 heavy (non-hydrogen) atoms. The van der Waals surface area contributed by atoms with Crippen LogP contribution in [0.25, 0.3) is 10.4 Å². The standard InChI is InChI=1S/C22H25ClN4OS/c23-20-6-2-1-5-19(20)21-9-8-18(29-21)17-25-13-15-26(16-14-25)22(28)7-3-11-27-12-4-10-24-27/h1-2,4-6,8-10,12H,3,7,11,13-17H2. The number of carbonyl (C=O) groups excluding carboxylic acids is 1. The number of thiophene rings is 1. The summed E-state index contributed by atoms with van der Waals surface area (Å²) < 4.78 is 1.88. The van der Waals surface area contributed by atoms with Crippen LogP contribution in [-0.2, 0) is 17.9 Å². The lowest BCUT2D eigenvalue weighted by molar-refractivity contribution is -0.133. The van der Waals surface area contributed by atoms with Gasteiger partial charge in [-0.1, -0.05) is 29.8 Å². The molecular formula is C22H25ClN4OS. The van der Waals surface area contributed by atoms with Crippen molar-refractivity contribution in [1.29, 1.82) is 0 Å². The molecule has 152 valence electrons. The Morgan fingerprint density at radius 1 is 1.07 bits per heavy atom. The monoisotopic (exact) mass is 428 g/mol. The van der Waals surface area contributed by atoms with Gasteiger partial charge < -0.3 is 4.90 Å². The first-order valence-corrected chi connectivity index (χ1v) is 11.2. The maximum Gasteiger partial charge on any atom is 0.222 e. The van der Waals surface area contributed by atoms with Crippen molar-refractivity contribution < 1.29 is 4.79 Å². The van der Waals surface area contributed by atoms with Crippen LogP contribution in [0.4, 0.5) is 0 Å². The molecule has 0 unspecified atom stereocenters. The van der Waals surface area contributed by atoms with Crippen molar-refractivity contribution in [2.24, 2.45) is 0 Å². The second kappa shape index (κ2) is 9.57. The molecule has 1 saturated heterocycles. The van der Waals surface area contributed by atoms with Crippen LogP contribution >= 0.6 is 22.9 Å². The predicted octanol–water partition coefficient (Wildman–Crippen LogP) is 4.39. The SMILES string of the molecule is O=C(CCCn1cccn1)N1CCN(Cc2ccc(-c3ccccc3Cl)s2)CC1. The molecule has 0 saturated carbocycles. The highest BCUT2D eigenvalue weighted by atomic mass is 35.5. The summed E-state index contributed by atoms with van der Waals surface area (Å²) in [6, 6.07) is 14.2. The highest BCUT2D eigenvalue weighted by molar-refractivity contribution is 7.15. The average Bonchev–Trinajstić information content (AvgIpc) is 3.41. The fourth-order valence-corrected chi connectivity index (χ4v) is 5.01. The average molecular weight is 429 g/mol. The predicted molar refractivity (Wildman–Crippen MR) is 118 cm³/mol. The van der Waals surface area contributed by atoms with Crippen LogP contribution < -0.4 is 0 Å². The molecule has 7 heteroatoms. The Hall–Kier alpha value is -2.15. The van der Waals surface area contributed by atoms with Gasteiger partial charge in [-0.25, -0.2) is 0 Å². The first-order chi connectivity index (χ1) is 14.2. The van der Waals surface area contributed by atoms with Crippen molar-refractivity contribution in [3.05, 3.63) is 64.8 Å². The second-order valence-electron chi connectivity index (χ2n) is 7.28. The lowest BCUT2D eigenvalue weighted by Gasteiger charge is -2.34. The topological polar surface area (TPSA) is 41.4 Å². The third-order valence-corrected chi connectivity index (χ3v) is 6.68. The van der Waals surface area contributed by atoms with Gasteiger partial charge in [0, 0.05) is 78.4 Å². The lowest BCUT2D eigenvalue weighted by atomic mass is 10.2. The zero-order valence-corrected chi connectivity index (χ0v) is 17.9. The van der Waals surface area contributed by atoms with E-state index in [0.717, 1.165) is 56.3 Å². The van der Waals surface area contributed by atoms with Crippen LogP contribution in [0.2, 0.25) is 5.02 Å². The first kappa shape index (κ1) is 20.1. The van der Waals surface area contributed by atoms with Gasteiger partial charge in [-0.2, -0.15) is 5.10 Å². The minimum atomic E-state index is 0.258. The highest BCUT2D eigenvalue weighted by Gasteiger charge is 2.21. The van der Waals surface area contributed by atoms with Gasteiger partial charge in [0.15, 0.2) is 0 Å². The van der Waals surface area contributed by atoms with Crippen molar-refractivity contribution in [1.82, 2.24) is 19.6 Å². The Balaban J connectivity index is 1.23. The molecule has 0 bridgehead atoms. The Kier molecular flexibility index (Phi) is 6.64. The number of rotatable bonds is 7. The molecule has 0 N–H and O–H groups in total. The van der Waals surface area contributed by atoms with Crippen LogP contribution in [0.5, 0.6) is 0 Å². The van der Waals surface area contributed by atoms with Gasteiger partial charge in [-0.15, -0.1) is 11.3 Å². The maximum atomic E-state index is 12.5. The van der Waals surface area contributed by atoms with Gasteiger partial charge in [0.25, 0.3) is 0 Å². The number of aryl methyl sites for hydroxylation is 1. The molecule has 1 aliphatic heterocycles. The van der Waals surface area contributed by atoms with Crippen LogP contribution in [0.1, 0.15) is 17.7 Å². The molecule has 0 spiro atoms. The fourth-order valence-electron chi connectivity index (χ4n) is 3.63. The van der Waals surface area contributed by atoms with E-state index in [9.17, 15) is 4.79 Å². The third kappa shape index (κ3) is 5.26. The zero-order valence-electron chi connectivity index (χ0n) is 16.3. The molecule has 0 radical (unpaired) electrons. The zero-order chi connectivity index (χ0) is 20.1. The normalized spacial score (nSPS) is 15.0. The van der Waals surface area contributed by atoms with E-state index in [1.807, 2.05) is 40.0 Å². The molecule has 1 aromatic carbocycles. The van der Waals surface area contributed by atoms with Gasteiger partial charge in [0.1, 0.15) is 0 Å². The Morgan fingerprint density at radius 2 is 1.90 bits per heavy atom. The van der Waals surface area contributed by atoms with Crippen LogP contribution in [0.3, 0.4) is 0 Å². The van der Waals surface area contributed by atoms with E-state index in [0.29, 0.717) is 6.42 Å². The highest BCUT2D eigenvalue weighted by Crippen LogP contribution is 2.33. The summed E-state index contributed by atoms with van der Waals surface area (Å²) >= 11 is 8.12. The largest absolute Gasteiger partial charge is 0.340 e. The minimum Gasteiger partial charge on any atom is -0.340 e. The van der Waals surface area contributed by atoms with Crippen molar-refractivity contribution in [3.63, 3.8) is 0 Å². The first-order valence-electron chi connectivity index (χ1n) is 10.0. The molecule has 1 amide bonds. The summed E-state index contributed by atoms with van der Waals surface area (Å²) in [6.45, 7) is 5.18. The third-order valence-electron chi connectivity index (χ3n) is 5.24.